The molecule has 0 bridgehead atoms. The maximum atomic E-state index is 8.52. The Kier molecular flexibility index (Phi) is 15.6. The molecule has 0 radical (unpaired) electrons. The van der Waals surface area contributed by atoms with Crippen LogP contribution in [0.2, 0.25) is 0 Å². The summed E-state index contributed by atoms with van der Waals surface area (Å²) >= 11 is 0. The van der Waals surface area contributed by atoms with Crippen molar-refractivity contribution in [3.05, 3.63) is 0 Å². The summed E-state index contributed by atoms with van der Waals surface area (Å²) in [7, 11) is -10.3. The third-order valence-electron chi connectivity index (χ3n) is 0. The molecule has 0 aromatic rings. The summed E-state index contributed by atoms with van der Waals surface area (Å²) in [4.78, 5) is 0. The van der Waals surface area contributed by atoms with Crippen LogP contribution >= 0.6 is 0 Å². The SMILES string of the molecule is O=S(=O)([O-])[O-].O=S(=O)([O-])[O-].[Ni+2].[SH4+2]. The molecule has 80 valence electrons. The van der Waals surface area contributed by atoms with Crippen molar-refractivity contribution in [3.63, 3.8) is 0 Å². The Morgan fingerprint density at radius 1 is 0.667 bits per heavy atom. The van der Waals surface area contributed by atoms with Crippen LogP contribution in [0.15, 0.2) is 0 Å². The number of hydrogen-bond donors (Lipinski definition) is 0. The first-order valence-electron chi connectivity index (χ1n) is 1.33. The van der Waals surface area contributed by atoms with Crippen molar-refractivity contribution in [2.75, 3.05) is 0 Å². The van der Waals surface area contributed by atoms with E-state index in [9.17, 15) is 0 Å². The second-order valence-electron chi connectivity index (χ2n) is 0.816. The average molecular weight is 287 g/mol. The van der Waals surface area contributed by atoms with Gasteiger partial charge in [-0.05, 0) is 0 Å². The van der Waals surface area contributed by atoms with Gasteiger partial charge in [0.05, 0.1) is 0 Å². The van der Waals surface area contributed by atoms with Gasteiger partial charge in [-0.15, -0.1) is 0 Å². The maximum Gasteiger partial charge on any atom is 2.00 e. The second kappa shape index (κ2) is 8.19. The van der Waals surface area contributed by atoms with Gasteiger partial charge in [0, 0.05) is 20.8 Å². The second-order valence-corrected chi connectivity index (χ2v) is 2.45. The molecule has 0 aliphatic rings. The van der Waals surface area contributed by atoms with Gasteiger partial charge in [-0.1, -0.05) is 0 Å². The van der Waals surface area contributed by atoms with Crippen molar-refractivity contribution < 1.29 is 51.5 Å². The summed E-state index contributed by atoms with van der Waals surface area (Å²) in [6.07, 6.45) is 0. The predicted octanol–water partition coefficient (Wildman–Crippen LogP) is -3.75. The molecule has 0 aromatic carbocycles. The minimum atomic E-state index is -5.17. The van der Waals surface area contributed by atoms with Crippen LogP contribution in [0, 0.1) is 0 Å². The van der Waals surface area contributed by atoms with Crippen molar-refractivity contribution in [2.45, 2.75) is 0 Å². The molecule has 8 nitrogen and oxygen atoms in total. The molecule has 0 amide bonds. The molecule has 0 spiro atoms. The van der Waals surface area contributed by atoms with Gasteiger partial charge in [-0.25, -0.2) is 13.5 Å². The fraction of sp³-hybridized carbons (Fsp3) is 0. The third-order valence-corrected chi connectivity index (χ3v) is 0. The van der Waals surface area contributed by atoms with Gasteiger partial charge in [0.2, 0.25) is 0 Å². The van der Waals surface area contributed by atoms with Crippen molar-refractivity contribution in [2.24, 2.45) is 0 Å². The van der Waals surface area contributed by atoms with Crippen LogP contribution in [0.4, 0.5) is 0 Å². The van der Waals surface area contributed by atoms with Gasteiger partial charge in [0.1, 0.15) is 0 Å². The van der Waals surface area contributed by atoms with Crippen LogP contribution in [0.1, 0.15) is 0 Å². The Bertz CT molecular complexity index is 211. The molecular weight excluding hydrogens is 283 g/mol. The molecule has 0 atom stereocenters. The molecule has 0 fully saturated rings. The van der Waals surface area contributed by atoms with Crippen LogP contribution in [0.25, 0.3) is 0 Å². The Hall–Kier alpha value is 0.584. The fourth-order valence-corrected chi connectivity index (χ4v) is 0. The van der Waals surface area contributed by atoms with Crippen LogP contribution in [-0.2, 0) is 50.8 Å². The monoisotopic (exact) mass is 286 g/mol. The Morgan fingerprint density at radius 3 is 0.667 bits per heavy atom. The van der Waals surface area contributed by atoms with E-state index in [4.69, 9.17) is 35.0 Å². The van der Waals surface area contributed by atoms with Crippen LogP contribution < -0.4 is 0 Å². The van der Waals surface area contributed by atoms with E-state index in [1.54, 1.807) is 0 Å². The molecule has 0 aliphatic heterocycles. The normalized spacial score (nSPS) is 9.67. The van der Waals surface area contributed by atoms with Crippen molar-refractivity contribution in [1.29, 1.82) is 0 Å². The molecular formula is H4NiO8S3. The van der Waals surface area contributed by atoms with Gasteiger partial charge in [-0.3, -0.25) is 16.8 Å². The number of rotatable bonds is 0. The van der Waals surface area contributed by atoms with Crippen LogP contribution in [0.3, 0.4) is 0 Å². The Morgan fingerprint density at radius 2 is 0.667 bits per heavy atom. The molecule has 12 heteroatoms. The Labute approximate surface area is 85.9 Å². The van der Waals surface area contributed by atoms with E-state index in [0.717, 1.165) is 0 Å². The molecule has 12 heavy (non-hydrogen) atoms. The minimum Gasteiger partial charge on any atom is -0.759 e. The summed E-state index contributed by atoms with van der Waals surface area (Å²) < 4.78 is 68.2. The molecule has 0 aromatic heterocycles. The summed E-state index contributed by atoms with van der Waals surface area (Å²) in [5.74, 6) is 0. The van der Waals surface area contributed by atoms with Gasteiger partial charge >= 0.3 is 16.5 Å². The molecule has 0 heterocycles. The first kappa shape index (κ1) is 22.9. The Balaban J connectivity index is -0.0000000457. The number of hydrogen-bond acceptors (Lipinski definition) is 8. The van der Waals surface area contributed by atoms with Crippen molar-refractivity contribution >= 4 is 34.3 Å². The zero-order valence-corrected chi connectivity index (χ0v) is 9.14. The zero-order chi connectivity index (χ0) is 9.00. The van der Waals surface area contributed by atoms with Crippen molar-refractivity contribution in [3.8, 4) is 0 Å². The summed E-state index contributed by atoms with van der Waals surface area (Å²) in [6.45, 7) is 0. The molecule has 0 aliphatic carbocycles. The van der Waals surface area contributed by atoms with E-state index in [1.807, 2.05) is 0 Å². The smallest absolute Gasteiger partial charge is 0.759 e. The largest absolute Gasteiger partial charge is 2.00 e. The van der Waals surface area contributed by atoms with E-state index < -0.39 is 20.8 Å². The van der Waals surface area contributed by atoms with Crippen molar-refractivity contribution in [1.82, 2.24) is 0 Å². The fourth-order valence-electron chi connectivity index (χ4n) is 0. The summed E-state index contributed by atoms with van der Waals surface area (Å²) in [6, 6.07) is 0. The quantitative estimate of drug-likeness (QED) is 0.249. The van der Waals surface area contributed by atoms with Gasteiger partial charge in [0.15, 0.2) is 0 Å². The molecule has 0 rings (SSSR count). The maximum absolute atomic E-state index is 8.52. The molecule has 0 N–H and O–H groups in total. The van der Waals surface area contributed by atoms with Gasteiger partial charge in [-0.2, -0.15) is 0 Å². The van der Waals surface area contributed by atoms with E-state index in [1.165, 1.54) is 0 Å². The topological polar surface area (TPSA) is 161 Å². The minimum absolute atomic E-state index is 0. The summed E-state index contributed by atoms with van der Waals surface area (Å²) in [5, 5.41) is 0. The molecule has 0 saturated heterocycles. The first-order chi connectivity index (χ1) is 4.00. The third kappa shape index (κ3) is 2850. The van der Waals surface area contributed by atoms with E-state index >= 15 is 0 Å². The van der Waals surface area contributed by atoms with Gasteiger partial charge in [0.25, 0.3) is 0 Å². The molecule has 0 saturated carbocycles. The zero-order valence-electron chi connectivity index (χ0n) is 5.11. The van der Waals surface area contributed by atoms with Crippen LogP contribution in [0.5, 0.6) is 0 Å². The van der Waals surface area contributed by atoms with E-state index in [-0.39, 0.29) is 30.0 Å². The predicted molar refractivity (Wildman–Crippen MR) is 33.9 cm³/mol. The average Bonchev–Trinajstić information content (AvgIpc) is 1.12. The van der Waals surface area contributed by atoms with Crippen LogP contribution in [-0.4, -0.2) is 35.0 Å². The van der Waals surface area contributed by atoms with E-state index in [0.29, 0.717) is 0 Å². The van der Waals surface area contributed by atoms with E-state index in [2.05, 4.69) is 0 Å². The first-order valence-corrected chi connectivity index (χ1v) is 4.00. The summed E-state index contributed by atoms with van der Waals surface area (Å²) in [5.41, 5.74) is 0. The standard InChI is InChI=1S/Ni.2H2O4S.H4S/c;2*1-5(2,3)4;/h;2*(H2,1,2,3,4);1H4/q+2;;;+2/p-4. The molecule has 0 unspecified atom stereocenters. The van der Waals surface area contributed by atoms with Gasteiger partial charge < -0.3 is 18.2 Å².